The molecular formula is C11H12N2OS. The molecular weight excluding hydrogens is 208 g/mol. The average Bonchev–Trinajstić information content (AvgIpc) is 2.64. The monoisotopic (exact) mass is 220 g/mol. The third-order valence-electron chi connectivity index (χ3n) is 2.13. The standard InChI is InChI=1S/C11H12N2OS/c1-7-3-9(5-12-4-7)11(14)10-6-15-8(2)13-10/h3-6,11,14H,1-2H3. The molecule has 0 spiro atoms. The van der Waals surface area contributed by atoms with E-state index in [1.807, 2.05) is 25.3 Å². The molecule has 1 unspecified atom stereocenters. The molecule has 1 N–H and O–H groups in total. The number of thiazole rings is 1. The second-order valence-corrected chi connectivity index (χ2v) is 4.55. The SMILES string of the molecule is Cc1cncc(C(O)c2csc(C)n2)c1. The summed E-state index contributed by atoms with van der Waals surface area (Å²) in [5, 5.41) is 12.9. The molecule has 0 saturated heterocycles. The van der Waals surface area contributed by atoms with Gasteiger partial charge in [-0.25, -0.2) is 4.98 Å². The summed E-state index contributed by atoms with van der Waals surface area (Å²) in [6.45, 7) is 3.88. The van der Waals surface area contributed by atoms with Crippen molar-refractivity contribution in [1.29, 1.82) is 0 Å². The van der Waals surface area contributed by atoms with Crippen LogP contribution in [0.25, 0.3) is 0 Å². The van der Waals surface area contributed by atoms with E-state index in [-0.39, 0.29) is 0 Å². The van der Waals surface area contributed by atoms with E-state index in [2.05, 4.69) is 9.97 Å². The lowest BCUT2D eigenvalue weighted by Crippen LogP contribution is -2.01. The molecule has 2 aromatic heterocycles. The Morgan fingerprint density at radius 3 is 2.73 bits per heavy atom. The summed E-state index contributed by atoms with van der Waals surface area (Å²) in [5.74, 6) is 0. The normalized spacial score (nSPS) is 12.7. The van der Waals surface area contributed by atoms with Crippen molar-refractivity contribution < 1.29 is 5.11 Å². The minimum atomic E-state index is -0.664. The Balaban J connectivity index is 2.32. The highest BCUT2D eigenvalue weighted by Crippen LogP contribution is 2.22. The van der Waals surface area contributed by atoms with Crippen LogP contribution in [-0.4, -0.2) is 15.1 Å². The summed E-state index contributed by atoms with van der Waals surface area (Å²) >= 11 is 1.54. The molecule has 0 aliphatic heterocycles. The highest BCUT2D eigenvalue weighted by atomic mass is 32.1. The quantitative estimate of drug-likeness (QED) is 0.844. The Morgan fingerprint density at radius 2 is 2.13 bits per heavy atom. The van der Waals surface area contributed by atoms with E-state index in [1.54, 1.807) is 23.7 Å². The van der Waals surface area contributed by atoms with Crippen molar-refractivity contribution in [3.05, 3.63) is 45.7 Å². The van der Waals surface area contributed by atoms with Crippen LogP contribution < -0.4 is 0 Å². The Bertz CT molecular complexity index is 467. The summed E-state index contributed by atoms with van der Waals surface area (Å²) < 4.78 is 0. The molecule has 15 heavy (non-hydrogen) atoms. The van der Waals surface area contributed by atoms with Crippen LogP contribution in [0.1, 0.15) is 27.9 Å². The number of aliphatic hydroxyl groups is 1. The summed E-state index contributed by atoms with van der Waals surface area (Å²) in [6.07, 6.45) is 2.77. The van der Waals surface area contributed by atoms with Gasteiger partial charge in [0.15, 0.2) is 0 Å². The Hall–Kier alpha value is -1.26. The van der Waals surface area contributed by atoms with Gasteiger partial charge in [0.1, 0.15) is 6.10 Å². The van der Waals surface area contributed by atoms with E-state index in [1.165, 1.54) is 0 Å². The number of nitrogens with zero attached hydrogens (tertiary/aromatic N) is 2. The van der Waals surface area contributed by atoms with E-state index in [9.17, 15) is 5.11 Å². The topological polar surface area (TPSA) is 46.0 Å². The molecule has 2 heterocycles. The minimum Gasteiger partial charge on any atom is -0.382 e. The largest absolute Gasteiger partial charge is 0.382 e. The zero-order valence-electron chi connectivity index (χ0n) is 8.64. The van der Waals surface area contributed by atoms with E-state index in [0.717, 1.165) is 16.1 Å². The van der Waals surface area contributed by atoms with Gasteiger partial charge in [-0.05, 0) is 19.4 Å². The van der Waals surface area contributed by atoms with Gasteiger partial charge in [-0.15, -0.1) is 11.3 Å². The van der Waals surface area contributed by atoms with Crippen LogP contribution in [-0.2, 0) is 0 Å². The molecule has 0 bridgehead atoms. The van der Waals surface area contributed by atoms with Crippen LogP contribution in [0, 0.1) is 13.8 Å². The second-order valence-electron chi connectivity index (χ2n) is 3.49. The van der Waals surface area contributed by atoms with E-state index in [0.29, 0.717) is 5.69 Å². The maximum absolute atomic E-state index is 10.0. The van der Waals surface area contributed by atoms with Crippen molar-refractivity contribution in [3.63, 3.8) is 0 Å². The summed E-state index contributed by atoms with van der Waals surface area (Å²) in [7, 11) is 0. The number of aromatic nitrogens is 2. The first-order valence-corrected chi connectivity index (χ1v) is 5.56. The molecule has 0 fully saturated rings. The first-order chi connectivity index (χ1) is 7.16. The minimum absolute atomic E-state index is 0.664. The number of pyridine rings is 1. The number of hydrogen-bond donors (Lipinski definition) is 1. The van der Waals surface area contributed by atoms with Gasteiger partial charge in [-0.2, -0.15) is 0 Å². The van der Waals surface area contributed by atoms with Gasteiger partial charge in [0.2, 0.25) is 0 Å². The molecule has 0 saturated carbocycles. The second kappa shape index (κ2) is 4.08. The molecule has 2 aromatic rings. The van der Waals surface area contributed by atoms with Gasteiger partial charge in [-0.3, -0.25) is 4.98 Å². The van der Waals surface area contributed by atoms with E-state index in [4.69, 9.17) is 0 Å². The smallest absolute Gasteiger partial charge is 0.123 e. The van der Waals surface area contributed by atoms with Gasteiger partial charge in [-0.1, -0.05) is 6.07 Å². The number of hydrogen-bond acceptors (Lipinski definition) is 4. The van der Waals surface area contributed by atoms with E-state index >= 15 is 0 Å². The Kier molecular flexibility index (Phi) is 2.79. The number of aryl methyl sites for hydroxylation is 2. The van der Waals surface area contributed by atoms with Gasteiger partial charge >= 0.3 is 0 Å². The predicted octanol–water partition coefficient (Wildman–Crippen LogP) is 2.24. The number of aliphatic hydroxyl groups excluding tert-OH is 1. The molecule has 4 heteroatoms. The Morgan fingerprint density at radius 1 is 1.33 bits per heavy atom. The molecule has 1 atom stereocenters. The van der Waals surface area contributed by atoms with Crippen molar-refractivity contribution in [2.75, 3.05) is 0 Å². The van der Waals surface area contributed by atoms with Crippen LogP contribution in [0.2, 0.25) is 0 Å². The molecule has 3 nitrogen and oxygen atoms in total. The van der Waals surface area contributed by atoms with Crippen molar-refractivity contribution in [1.82, 2.24) is 9.97 Å². The molecule has 0 radical (unpaired) electrons. The maximum Gasteiger partial charge on any atom is 0.123 e. The highest BCUT2D eigenvalue weighted by Gasteiger charge is 2.13. The van der Waals surface area contributed by atoms with Crippen molar-refractivity contribution in [2.45, 2.75) is 20.0 Å². The molecule has 78 valence electrons. The molecule has 0 aromatic carbocycles. The first-order valence-electron chi connectivity index (χ1n) is 4.68. The lowest BCUT2D eigenvalue weighted by molar-refractivity contribution is 0.215. The van der Waals surface area contributed by atoms with Crippen LogP contribution >= 0.6 is 11.3 Å². The maximum atomic E-state index is 10.0. The van der Waals surface area contributed by atoms with Crippen molar-refractivity contribution in [2.24, 2.45) is 0 Å². The summed E-state index contributed by atoms with van der Waals surface area (Å²) in [5.41, 5.74) is 2.53. The fraction of sp³-hybridized carbons (Fsp3) is 0.273. The summed E-state index contributed by atoms with van der Waals surface area (Å²) in [6, 6.07) is 1.92. The molecule has 2 rings (SSSR count). The highest BCUT2D eigenvalue weighted by molar-refractivity contribution is 7.09. The zero-order chi connectivity index (χ0) is 10.8. The third kappa shape index (κ3) is 2.22. The molecule has 0 aliphatic carbocycles. The fourth-order valence-corrected chi connectivity index (χ4v) is 2.04. The molecule has 0 amide bonds. The summed E-state index contributed by atoms with van der Waals surface area (Å²) in [4.78, 5) is 8.31. The van der Waals surface area contributed by atoms with Crippen LogP contribution in [0.4, 0.5) is 0 Å². The predicted molar refractivity (Wildman–Crippen MR) is 59.9 cm³/mol. The van der Waals surface area contributed by atoms with Crippen LogP contribution in [0.15, 0.2) is 23.8 Å². The van der Waals surface area contributed by atoms with E-state index < -0.39 is 6.10 Å². The third-order valence-corrected chi connectivity index (χ3v) is 2.92. The van der Waals surface area contributed by atoms with Crippen molar-refractivity contribution >= 4 is 11.3 Å². The van der Waals surface area contributed by atoms with Crippen LogP contribution in [0.5, 0.6) is 0 Å². The van der Waals surface area contributed by atoms with Gasteiger partial charge < -0.3 is 5.11 Å². The van der Waals surface area contributed by atoms with Crippen LogP contribution in [0.3, 0.4) is 0 Å². The van der Waals surface area contributed by atoms with Gasteiger partial charge in [0, 0.05) is 23.3 Å². The molecule has 0 aliphatic rings. The zero-order valence-corrected chi connectivity index (χ0v) is 9.45. The van der Waals surface area contributed by atoms with Gasteiger partial charge in [0.25, 0.3) is 0 Å². The average molecular weight is 220 g/mol. The lowest BCUT2D eigenvalue weighted by atomic mass is 10.1. The lowest BCUT2D eigenvalue weighted by Gasteiger charge is -2.07. The first kappa shape index (κ1) is 10.3. The Labute approximate surface area is 92.5 Å². The van der Waals surface area contributed by atoms with Gasteiger partial charge in [0.05, 0.1) is 10.7 Å². The van der Waals surface area contributed by atoms with Crippen molar-refractivity contribution in [3.8, 4) is 0 Å². The number of rotatable bonds is 2. The fourth-order valence-electron chi connectivity index (χ4n) is 1.40.